The summed E-state index contributed by atoms with van der Waals surface area (Å²) >= 11 is 0. The second-order valence-corrected chi connectivity index (χ2v) is 5.58. The molecular formula is C19H23NO. The molecule has 1 aliphatic heterocycles. The summed E-state index contributed by atoms with van der Waals surface area (Å²) in [5.74, 6) is 0. The summed E-state index contributed by atoms with van der Waals surface area (Å²) in [5, 5.41) is 3.67. The van der Waals surface area contributed by atoms with E-state index < -0.39 is 0 Å². The summed E-state index contributed by atoms with van der Waals surface area (Å²) < 4.78 is 6.16. The maximum atomic E-state index is 6.16. The SMILES string of the molecule is CCCNC(c1ccccc1)C1OCCc2ccccc21. The zero-order valence-corrected chi connectivity index (χ0v) is 12.6. The molecule has 110 valence electrons. The van der Waals surface area contributed by atoms with Gasteiger partial charge in [0, 0.05) is 0 Å². The zero-order chi connectivity index (χ0) is 14.5. The van der Waals surface area contributed by atoms with Crippen LogP contribution in [0.1, 0.15) is 42.2 Å². The van der Waals surface area contributed by atoms with Gasteiger partial charge in [-0.3, -0.25) is 0 Å². The van der Waals surface area contributed by atoms with Crippen LogP contribution in [0, 0.1) is 0 Å². The van der Waals surface area contributed by atoms with Gasteiger partial charge in [0.15, 0.2) is 0 Å². The number of ether oxygens (including phenoxy) is 1. The summed E-state index contributed by atoms with van der Waals surface area (Å²) in [4.78, 5) is 0. The highest BCUT2D eigenvalue weighted by Gasteiger charge is 2.29. The maximum Gasteiger partial charge on any atom is 0.102 e. The van der Waals surface area contributed by atoms with Crippen molar-refractivity contribution in [1.82, 2.24) is 5.32 Å². The van der Waals surface area contributed by atoms with Crippen LogP contribution in [0.4, 0.5) is 0 Å². The summed E-state index contributed by atoms with van der Waals surface area (Å²) in [7, 11) is 0. The first-order chi connectivity index (χ1) is 10.4. The molecule has 2 aromatic carbocycles. The number of fused-ring (bicyclic) bond motifs is 1. The minimum atomic E-state index is 0.101. The Morgan fingerprint density at radius 1 is 1.10 bits per heavy atom. The molecule has 1 heterocycles. The van der Waals surface area contributed by atoms with Gasteiger partial charge in [-0.25, -0.2) is 0 Å². The molecule has 0 aromatic heterocycles. The van der Waals surface area contributed by atoms with E-state index in [1.807, 2.05) is 0 Å². The monoisotopic (exact) mass is 281 g/mol. The summed E-state index contributed by atoms with van der Waals surface area (Å²) in [5.41, 5.74) is 4.06. The lowest BCUT2D eigenvalue weighted by atomic mass is 9.90. The number of nitrogens with one attached hydrogen (secondary N) is 1. The predicted octanol–water partition coefficient (Wildman–Crippen LogP) is 4.04. The van der Waals surface area contributed by atoms with Crippen molar-refractivity contribution in [3.63, 3.8) is 0 Å². The third kappa shape index (κ3) is 3.17. The van der Waals surface area contributed by atoms with Crippen LogP contribution < -0.4 is 5.32 Å². The van der Waals surface area contributed by atoms with E-state index in [2.05, 4.69) is 66.8 Å². The van der Waals surface area contributed by atoms with Crippen LogP contribution >= 0.6 is 0 Å². The quantitative estimate of drug-likeness (QED) is 0.893. The Morgan fingerprint density at radius 3 is 2.67 bits per heavy atom. The van der Waals surface area contributed by atoms with E-state index in [0.717, 1.165) is 26.0 Å². The molecule has 21 heavy (non-hydrogen) atoms. The molecule has 2 unspecified atom stereocenters. The lowest BCUT2D eigenvalue weighted by Crippen LogP contribution is -2.32. The minimum Gasteiger partial charge on any atom is -0.371 e. The molecule has 2 heteroatoms. The molecule has 0 fully saturated rings. The third-order valence-electron chi connectivity index (χ3n) is 4.11. The fourth-order valence-electron chi connectivity index (χ4n) is 3.06. The van der Waals surface area contributed by atoms with Crippen molar-refractivity contribution in [2.45, 2.75) is 31.9 Å². The van der Waals surface area contributed by atoms with E-state index in [1.54, 1.807) is 0 Å². The molecular weight excluding hydrogens is 258 g/mol. The number of benzene rings is 2. The number of hydrogen-bond acceptors (Lipinski definition) is 2. The molecule has 2 atom stereocenters. The van der Waals surface area contributed by atoms with E-state index in [-0.39, 0.29) is 12.1 Å². The first-order valence-electron chi connectivity index (χ1n) is 7.88. The average molecular weight is 281 g/mol. The first-order valence-corrected chi connectivity index (χ1v) is 7.88. The van der Waals surface area contributed by atoms with Crippen LogP contribution in [0.25, 0.3) is 0 Å². The van der Waals surface area contributed by atoms with Crippen LogP contribution in [0.15, 0.2) is 54.6 Å². The fraction of sp³-hybridized carbons (Fsp3) is 0.368. The van der Waals surface area contributed by atoms with Crippen molar-refractivity contribution in [2.75, 3.05) is 13.2 Å². The number of rotatable bonds is 5. The van der Waals surface area contributed by atoms with Gasteiger partial charge in [-0.05, 0) is 36.1 Å². The van der Waals surface area contributed by atoms with Crippen molar-refractivity contribution in [3.05, 3.63) is 71.3 Å². The van der Waals surface area contributed by atoms with Gasteiger partial charge in [-0.15, -0.1) is 0 Å². The van der Waals surface area contributed by atoms with Crippen LogP contribution in [0.3, 0.4) is 0 Å². The molecule has 0 radical (unpaired) electrons. The lowest BCUT2D eigenvalue weighted by Gasteiger charge is -2.33. The van der Waals surface area contributed by atoms with Gasteiger partial charge in [0.1, 0.15) is 6.10 Å². The Hall–Kier alpha value is -1.64. The average Bonchev–Trinajstić information content (AvgIpc) is 2.56. The van der Waals surface area contributed by atoms with E-state index in [9.17, 15) is 0 Å². The van der Waals surface area contributed by atoms with Crippen molar-refractivity contribution in [1.29, 1.82) is 0 Å². The van der Waals surface area contributed by atoms with Gasteiger partial charge in [0.25, 0.3) is 0 Å². The molecule has 1 N–H and O–H groups in total. The highest BCUT2D eigenvalue weighted by Crippen LogP contribution is 2.36. The standard InChI is InChI=1S/C19H23NO/c1-2-13-20-18(16-9-4-3-5-10-16)19-17-11-7-6-8-15(17)12-14-21-19/h3-11,18-20H,2,12-14H2,1H3. The first kappa shape index (κ1) is 14.3. The highest BCUT2D eigenvalue weighted by molar-refractivity contribution is 5.34. The van der Waals surface area contributed by atoms with Crippen LogP contribution in [0.2, 0.25) is 0 Å². The van der Waals surface area contributed by atoms with Gasteiger partial charge in [-0.1, -0.05) is 61.5 Å². The Morgan fingerprint density at radius 2 is 1.86 bits per heavy atom. The van der Waals surface area contributed by atoms with Crippen LogP contribution in [-0.4, -0.2) is 13.2 Å². The molecule has 2 nitrogen and oxygen atoms in total. The summed E-state index contributed by atoms with van der Waals surface area (Å²) in [6.45, 7) is 4.01. The summed E-state index contributed by atoms with van der Waals surface area (Å²) in [6.07, 6.45) is 2.24. The summed E-state index contributed by atoms with van der Waals surface area (Å²) in [6, 6.07) is 19.5. The molecule has 0 saturated heterocycles. The fourth-order valence-corrected chi connectivity index (χ4v) is 3.06. The third-order valence-corrected chi connectivity index (χ3v) is 4.11. The Bertz CT molecular complexity index is 567. The largest absolute Gasteiger partial charge is 0.371 e. The van der Waals surface area contributed by atoms with Crippen molar-refractivity contribution in [3.8, 4) is 0 Å². The second-order valence-electron chi connectivity index (χ2n) is 5.58. The Kier molecular flexibility index (Phi) is 4.69. The van der Waals surface area contributed by atoms with Crippen molar-refractivity contribution in [2.24, 2.45) is 0 Å². The van der Waals surface area contributed by atoms with E-state index in [0.29, 0.717) is 0 Å². The Labute approximate surface area is 127 Å². The van der Waals surface area contributed by atoms with Gasteiger partial charge in [0.05, 0.1) is 12.6 Å². The zero-order valence-electron chi connectivity index (χ0n) is 12.6. The van der Waals surface area contributed by atoms with Gasteiger partial charge >= 0.3 is 0 Å². The molecule has 3 rings (SSSR count). The van der Waals surface area contributed by atoms with Gasteiger partial charge in [0.2, 0.25) is 0 Å². The lowest BCUT2D eigenvalue weighted by molar-refractivity contribution is 0.0148. The van der Waals surface area contributed by atoms with E-state index in [4.69, 9.17) is 4.74 Å². The van der Waals surface area contributed by atoms with Crippen LogP contribution in [0.5, 0.6) is 0 Å². The smallest absolute Gasteiger partial charge is 0.102 e. The molecule has 0 bridgehead atoms. The number of hydrogen-bond donors (Lipinski definition) is 1. The van der Waals surface area contributed by atoms with Crippen molar-refractivity contribution >= 4 is 0 Å². The predicted molar refractivity (Wildman–Crippen MR) is 86.3 cm³/mol. The molecule has 2 aromatic rings. The Balaban J connectivity index is 1.94. The molecule has 0 saturated carbocycles. The molecule has 0 spiro atoms. The molecule has 0 amide bonds. The van der Waals surface area contributed by atoms with E-state index in [1.165, 1.54) is 16.7 Å². The maximum absolute atomic E-state index is 6.16. The molecule has 0 aliphatic carbocycles. The minimum absolute atomic E-state index is 0.101. The second kappa shape index (κ2) is 6.88. The normalized spacial score (nSPS) is 19.0. The molecule has 1 aliphatic rings. The van der Waals surface area contributed by atoms with Crippen LogP contribution in [-0.2, 0) is 11.2 Å². The van der Waals surface area contributed by atoms with Gasteiger partial charge in [-0.2, -0.15) is 0 Å². The van der Waals surface area contributed by atoms with E-state index >= 15 is 0 Å². The van der Waals surface area contributed by atoms with Crippen molar-refractivity contribution < 1.29 is 4.74 Å². The van der Waals surface area contributed by atoms with Gasteiger partial charge < -0.3 is 10.1 Å². The highest BCUT2D eigenvalue weighted by atomic mass is 16.5. The topological polar surface area (TPSA) is 21.3 Å².